The molecule has 0 N–H and O–H groups in total. The molecule has 4 rings (SSSR count). The van der Waals surface area contributed by atoms with Crippen molar-refractivity contribution in [2.75, 3.05) is 31.1 Å². The minimum Gasteiger partial charge on any atom is -0.345 e. The Morgan fingerprint density at radius 3 is 2.32 bits per heavy atom. The van der Waals surface area contributed by atoms with E-state index in [1.54, 1.807) is 4.90 Å². The predicted octanol–water partition coefficient (Wildman–Crippen LogP) is 3.95. The largest absolute Gasteiger partial charge is 0.345 e. The lowest BCUT2D eigenvalue weighted by atomic mass is 10.1. The number of hydrogen-bond acceptors (Lipinski definition) is 9. The molecule has 0 unspecified atom stereocenters. The van der Waals surface area contributed by atoms with Crippen molar-refractivity contribution < 1.29 is 14.6 Å². The second kappa shape index (κ2) is 10.1. The van der Waals surface area contributed by atoms with Crippen molar-refractivity contribution in [2.45, 2.75) is 12.8 Å². The van der Waals surface area contributed by atoms with Crippen LogP contribution < -0.4 is 4.90 Å². The van der Waals surface area contributed by atoms with Crippen molar-refractivity contribution in [1.82, 2.24) is 14.3 Å². The number of rotatable bonds is 6. The van der Waals surface area contributed by atoms with E-state index in [4.69, 9.17) is 11.6 Å². The maximum atomic E-state index is 13.0. The molecule has 1 fully saturated rings. The van der Waals surface area contributed by atoms with Crippen LogP contribution in [0.5, 0.6) is 0 Å². The monoisotopic (exact) mass is 502 g/mol. The SMILES string of the molecule is O=C(c1cc([N+](=O)[O-])cc([N+](=O)[O-])c1)N1CCCN(c2nc(Cc3ccc(Cl)cc3)ns2)CC1. The lowest BCUT2D eigenvalue weighted by molar-refractivity contribution is -0.394. The number of hydrogen-bond donors (Lipinski definition) is 0. The Morgan fingerprint density at radius 1 is 1.00 bits per heavy atom. The maximum absolute atomic E-state index is 13.0. The number of amides is 1. The van der Waals surface area contributed by atoms with E-state index in [0.717, 1.165) is 28.9 Å². The van der Waals surface area contributed by atoms with Crippen LogP contribution >= 0.6 is 23.1 Å². The van der Waals surface area contributed by atoms with Crippen molar-refractivity contribution >= 4 is 45.5 Å². The van der Waals surface area contributed by atoms with Crippen LogP contribution in [0.1, 0.15) is 28.2 Å². The fourth-order valence-corrected chi connectivity index (χ4v) is 4.52. The van der Waals surface area contributed by atoms with Gasteiger partial charge in [0, 0.05) is 61.3 Å². The van der Waals surface area contributed by atoms with Gasteiger partial charge in [-0.25, -0.2) is 4.98 Å². The third-order valence-corrected chi connectivity index (χ3v) is 6.42. The van der Waals surface area contributed by atoms with Gasteiger partial charge in [-0.05, 0) is 24.1 Å². The molecule has 1 aliphatic heterocycles. The molecule has 176 valence electrons. The first-order valence-corrected chi connectivity index (χ1v) is 11.5. The molecule has 11 nitrogen and oxygen atoms in total. The van der Waals surface area contributed by atoms with Crippen LogP contribution in [0.2, 0.25) is 5.02 Å². The smallest absolute Gasteiger partial charge is 0.277 e. The summed E-state index contributed by atoms with van der Waals surface area (Å²) in [6.45, 7) is 1.93. The Labute approximate surface area is 203 Å². The normalized spacial score (nSPS) is 14.0. The zero-order valence-corrected chi connectivity index (χ0v) is 19.4. The van der Waals surface area contributed by atoms with Crippen LogP contribution in [0, 0.1) is 20.2 Å². The van der Waals surface area contributed by atoms with Gasteiger partial charge in [-0.2, -0.15) is 4.37 Å². The van der Waals surface area contributed by atoms with Gasteiger partial charge in [0.05, 0.1) is 21.5 Å². The van der Waals surface area contributed by atoms with E-state index in [0.29, 0.717) is 49.9 Å². The van der Waals surface area contributed by atoms with E-state index < -0.39 is 27.1 Å². The van der Waals surface area contributed by atoms with E-state index in [9.17, 15) is 25.0 Å². The van der Waals surface area contributed by atoms with Crippen molar-refractivity contribution in [3.63, 3.8) is 0 Å². The summed E-state index contributed by atoms with van der Waals surface area (Å²) >= 11 is 7.22. The average molecular weight is 503 g/mol. The van der Waals surface area contributed by atoms with Crippen molar-refractivity contribution in [1.29, 1.82) is 0 Å². The summed E-state index contributed by atoms with van der Waals surface area (Å²) in [6, 6.07) is 10.5. The predicted molar refractivity (Wildman–Crippen MR) is 127 cm³/mol. The highest BCUT2D eigenvalue weighted by Gasteiger charge is 2.26. The first-order valence-electron chi connectivity index (χ1n) is 10.4. The van der Waals surface area contributed by atoms with E-state index in [1.165, 1.54) is 11.5 Å². The van der Waals surface area contributed by atoms with Gasteiger partial charge in [0.2, 0.25) is 5.13 Å². The van der Waals surface area contributed by atoms with E-state index in [2.05, 4.69) is 9.36 Å². The minimum atomic E-state index is -0.745. The second-order valence-corrected chi connectivity index (χ2v) is 8.85. The summed E-state index contributed by atoms with van der Waals surface area (Å²) < 4.78 is 4.44. The maximum Gasteiger partial charge on any atom is 0.277 e. The number of nitrogens with zero attached hydrogens (tertiary/aromatic N) is 6. The zero-order valence-electron chi connectivity index (χ0n) is 17.8. The number of aromatic nitrogens is 2. The summed E-state index contributed by atoms with van der Waals surface area (Å²) in [5.74, 6) is 0.220. The Hall–Kier alpha value is -3.64. The number of nitro benzene ring substituents is 2. The lowest BCUT2D eigenvalue weighted by Gasteiger charge is -2.21. The molecule has 2 aromatic carbocycles. The Kier molecular flexibility index (Phi) is 6.98. The number of nitro groups is 2. The third kappa shape index (κ3) is 5.46. The molecule has 0 spiro atoms. The van der Waals surface area contributed by atoms with Gasteiger partial charge < -0.3 is 9.80 Å². The minimum absolute atomic E-state index is 0.0736. The summed E-state index contributed by atoms with van der Waals surface area (Å²) in [6.07, 6.45) is 1.23. The van der Waals surface area contributed by atoms with Crippen molar-refractivity contribution in [3.05, 3.63) is 84.7 Å². The first kappa shape index (κ1) is 23.5. The van der Waals surface area contributed by atoms with Gasteiger partial charge in [0.15, 0.2) is 0 Å². The first-order chi connectivity index (χ1) is 16.3. The number of non-ortho nitro benzene ring substituents is 2. The Balaban J connectivity index is 1.44. The number of carbonyl (C=O) groups excluding carboxylic acids is 1. The second-order valence-electron chi connectivity index (χ2n) is 7.68. The van der Waals surface area contributed by atoms with Gasteiger partial charge in [-0.15, -0.1) is 0 Å². The van der Waals surface area contributed by atoms with Crippen LogP contribution in [-0.4, -0.2) is 56.2 Å². The van der Waals surface area contributed by atoms with Crippen LogP contribution in [-0.2, 0) is 6.42 Å². The van der Waals surface area contributed by atoms with E-state index in [-0.39, 0.29) is 5.56 Å². The van der Waals surface area contributed by atoms with Gasteiger partial charge >= 0.3 is 0 Å². The fourth-order valence-electron chi connectivity index (χ4n) is 3.65. The summed E-state index contributed by atoms with van der Waals surface area (Å²) in [7, 11) is 0. The molecule has 0 atom stereocenters. The molecule has 2 heterocycles. The molecule has 1 amide bonds. The molecular weight excluding hydrogens is 484 g/mol. The lowest BCUT2D eigenvalue weighted by Crippen LogP contribution is -2.35. The number of benzene rings is 2. The molecule has 13 heteroatoms. The van der Waals surface area contributed by atoms with E-state index >= 15 is 0 Å². The Bertz CT molecular complexity index is 1200. The molecule has 0 aliphatic carbocycles. The standard InChI is InChI=1S/C21H19ClN6O5S/c22-16-4-2-14(3-5-16)10-19-23-21(34-24-19)26-7-1-6-25(8-9-26)20(29)15-11-17(27(30)31)13-18(12-15)28(32)33/h2-5,11-13H,1,6-10H2. The topological polar surface area (TPSA) is 136 Å². The average Bonchev–Trinajstić information content (AvgIpc) is 3.14. The van der Waals surface area contributed by atoms with Crippen LogP contribution in [0.4, 0.5) is 16.5 Å². The molecule has 0 saturated carbocycles. The number of anilines is 1. The molecule has 34 heavy (non-hydrogen) atoms. The number of carbonyl (C=O) groups is 1. The van der Waals surface area contributed by atoms with Crippen LogP contribution in [0.25, 0.3) is 0 Å². The van der Waals surface area contributed by atoms with Crippen molar-refractivity contribution in [2.24, 2.45) is 0 Å². The molecule has 3 aromatic rings. The van der Waals surface area contributed by atoms with Gasteiger partial charge in [-0.3, -0.25) is 25.0 Å². The van der Waals surface area contributed by atoms with Gasteiger partial charge in [0.25, 0.3) is 17.3 Å². The molecule has 0 bridgehead atoms. The van der Waals surface area contributed by atoms with Crippen LogP contribution in [0.3, 0.4) is 0 Å². The summed E-state index contributed by atoms with van der Waals surface area (Å²) in [4.78, 5) is 42.0. The highest BCUT2D eigenvalue weighted by molar-refractivity contribution is 7.09. The summed E-state index contributed by atoms with van der Waals surface area (Å²) in [5, 5.41) is 23.7. The zero-order chi connectivity index (χ0) is 24.2. The number of halogens is 1. The third-order valence-electron chi connectivity index (χ3n) is 5.36. The van der Waals surface area contributed by atoms with Gasteiger partial charge in [-0.1, -0.05) is 23.7 Å². The molecule has 1 saturated heterocycles. The highest BCUT2D eigenvalue weighted by atomic mass is 35.5. The fraction of sp³-hybridized carbons (Fsp3) is 0.286. The Morgan fingerprint density at radius 2 is 1.68 bits per heavy atom. The quantitative estimate of drug-likeness (QED) is 0.365. The van der Waals surface area contributed by atoms with Gasteiger partial charge in [0.1, 0.15) is 5.82 Å². The summed E-state index contributed by atoms with van der Waals surface area (Å²) in [5.41, 5.74) is -0.00453. The van der Waals surface area contributed by atoms with Crippen molar-refractivity contribution in [3.8, 4) is 0 Å². The highest BCUT2D eigenvalue weighted by Crippen LogP contribution is 2.25. The van der Waals surface area contributed by atoms with E-state index in [1.807, 2.05) is 29.2 Å². The molecular formula is C21H19ClN6O5S. The van der Waals surface area contributed by atoms with Crippen LogP contribution in [0.15, 0.2) is 42.5 Å². The molecule has 1 aromatic heterocycles. The molecule has 1 aliphatic rings. The molecule has 0 radical (unpaired) electrons.